The molecule has 1 atom stereocenters. The molecule has 2 heteroatoms. The van der Waals surface area contributed by atoms with Gasteiger partial charge in [-0.2, -0.15) is 0 Å². The van der Waals surface area contributed by atoms with Gasteiger partial charge in [0, 0.05) is 16.7 Å². The van der Waals surface area contributed by atoms with Gasteiger partial charge in [0.15, 0.2) is 0 Å². The lowest BCUT2D eigenvalue weighted by Gasteiger charge is -2.06. The fraction of sp³-hybridized carbons (Fsp3) is 0.300. The molecule has 0 aliphatic rings. The minimum Gasteiger partial charge on any atom is -0.327 e. The van der Waals surface area contributed by atoms with Crippen LogP contribution in [0.5, 0.6) is 0 Å². The zero-order chi connectivity index (χ0) is 8.81. The van der Waals surface area contributed by atoms with Gasteiger partial charge in [0.25, 0.3) is 0 Å². The third-order valence-electron chi connectivity index (χ3n) is 1.58. The van der Waals surface area contributed by atoms with E-state index in [-0.39, 0.29) is 6.04 Å². The molecule has 1 radical (unpaired) electrons. The molecule has 1 aromatic rings. The van der Waals surface area contributed by atoms with E-state index in [1.165, 1.54) is 4.90 Å². The van der Waals surface area contributed by atoms with Crippen LogP contribution in [0.25, 0.3) is 0 Å². The zero-order valence-electron chi connectivity index (χ0n) is 7.07. The van der Waals surface area contributed by atoms with Crippen LogP contribution in [0.1, 0.15) is 6.42 Å². The summed E-state index contributed by atoms with van der Waals surface area (Å²) in [5.74, 6) is 0.952. The molecule has 0 saturated carbocycles. The van der Waals surface area contributed by atoms with E-state index in [2.05, 4.69) is 19.1 Å². The van der Waals surface area contributed by atoms with Crippen LogP contribution in [0.15, 0.2) is 35.2 Å². The quantitative estimate of drug-likeness (QED) is 0.720. The van der Waals surface area contributed by atoms with Gasteiger partial charge in [-0.05, 0) is 18.6 Å². The fourth-order valence-electron chi connectivity index (χ4n) is 0.803. The van der Waals surface area contributed by atoms with Crippen molar-refractivity contribution in [2.24, 2.45) is 5.73 Å². The molecule has 0 bridgehead atoms. The van der Waals surface area contributed by atoms with Gasteiger partial charge in [0.1, 0.15) is 0 Å². The predicted molar refractivity (Wildman–Crippen MR) is 55.1 cm³/mol. The highest BCUT2D eigenvalue weighted by atomic mass is 32.2. The molecule has 0 amide bonds. The Labute approximate surface area is 78.4 Å². The smallest absolute Gasteiger partial charge is 0.0133 e. The Morgan fingerprint density at radius 3 is 2.58 bits per heavy atom. The lowest BCUT2D eigenvalue weighted by Crippen LogP contribution is -2.21. The van der Waals surface area contributed by atoms with E-state index in [9.17, 15) is 0 Å². The summed E-state index contributed by atoms with van der Waals surface area (Å²) in [6.45, 7) is 3.76. The van der Waals surface area contributed by atoms with Gasteiger partial charge in [-0.1, -0.05) is 25.1 Å². The first-order chi connectivity index (χ1) is 5.83. The lowest BCUT2D eigenvalue weighted by molar-refractivity contribution is 0.766. The molecule has 1 rings (SSSR count). The summed E-state index contributed by atoms with van der Waals surface area (Å²) < 4.78 is 0. The molecule has 0 heterocycles. The minimum atomic E-state index is 0.218. The summed E-state index contributed by atoms with van der Waals surface area (Å²) in [7, 11) is 0. The third kappa shape index (κ3) is 3.28. The van der Waals surface area contributed by atoms with Crippen LogP contribution in [0.4, 0.5) is 0 Å². The maximum Gasteiger partial charge on any atom is 0.0133 e. The number of rotatable bonds is 4. The Morgan fingerprint density at radius 2 is 2.00 bits per heavy atom. The number of hydrogen-bond acceptors (Lipinski definition) is 2. The molecule has 65 valence electrons. The summed E-state index contributed by atoms with van der Waals surface area (Å²) in [5, 5.41) is 0. The van der Waals surface area contributed by atoms with E-state index in [4.69, 9.17) is 5.73 Å². The summed E-state index contributed by atoms with van der Waals surface area (Å²) in [6.07, 6.45) is 0.805. The fourth-order valence-corrected chi connectivity index (χ4v) is 1.73. The molecular weight excluding hydrogens is 166 g/mol. The van der Waals surface area contributed by atoms with E-state index >= 15 is 0 Å². The topological polar surface area (TPSA) is 26.0 Å². The average molecular weight is 180 g/mol. The van der Waals surface area contributed by atoms with E-state index in [0.29, 0.717) is 0 Å². The Morgan fingerprint density at radius 1 is 1.33 bits per heavy atom. The molecular formula is C10H14NS. The Hall–Kier alpha value is -0.470. The van der Waals surface area contributed by atoms with E-state index < -0.39 is 0 Å². The average Bonchev–Trinajstić information content (AvgIpc) is 2.16. The number of hydrogen-bond donors (Lipinski definition) is 1. The standard InChI is InChI=1S/C10H14NS/c1-2-9(11)8-12-10-6-4-3-5-7-10/h3-7,9H,1-2,8,11H2/t9-/m1/s1. The SMILES string of the molecule is [CH2]C[C@@H](N)CSc1ccccc1. The number of benzene rings is 1. The van der Waals surface area contributed by atoms with Gasteiger partial charge in [-0.3, -0.25) is 0 Å². The first-order valence-electron chi connectivity index (χ1n) is 4.05. The van der Waals surface area contributed by atoms with Crippen LogP contribution in [0, 0.1) is 6.92 Å². The maximum atomic E-state index is 5.74. The Kier molecular flexibility index (Phi) is 4.19. The monoisotopic (exact) mass is 180 g/mol. The number of nitrogens with two attached hydrogens (primary N) is 1. The van der Waals surface area contributed by atoms with Crippen molar-refractivity contribution in [3.8, 4) is 0 Å². The maximum absolute atomic E-state index is 5.74. The van der Waals surface area contributed by atoms with Crippen molar-refractivity contribution in [1.29, 1.82) is 0 Å². The molecule has 0 aliphatic carbocycles. The molecule has 1 aromatic carbocycles. The van der Waals surface area contributed by atoms with Crippen molar-refractivity contribution in [3.05, 3.63) is 37.3 Å². The first kappa shape index (κ1) is 9.62. The second-order valence-corrected chi connectivity index (χ2v) is 3.77. The molecule has 0 spiro atoms. The largest absolute Gasteiger partial charge is 0.327 e. The van der Waals surface area contributed by atoms with Gasteiger partial charge in [0.2, 0.25) is 0 Å². The zero-order valence-corrected chi connectivity index (χ0v) is 7.89. The lowest BCUT2D eigenvalue weighted by atomic mass is 10.3. The van der Waals surface area contributed by atoms with Gasteiger partial charge >= 0.3 is 0 Å². The molecule has 0 saturated heterocycles. The molecule has 2 N–H and O–H groups in total. The van der Waals surface area contributed by atoms with Crippen molar-refractivity contribution in [1.82, 2.24) is 0 Å². The molecule has 0 aromatic heterocycles. The van der Waals surface area contributed by atoms with Crippen molar-refractivity contribution in [2.75, 3.05) is 5.75 Å². The van der Waals surface area contributed by atoms with Crippen LogP contribution < -0.4 is 5.73 Å². The van der Waals surface area contributed by atoms with Crippen LogP contribution in [-0.2, 0) is 0 Å². The van der Waals surface area contributed by atoms with E-state index in [1.54, 1.807) is 11.8 Å². The van der Waals surface area contributed by atoms with Crippen molar-refractivity contribution in [2.45, 2.75) is 17.4 Å². The van der Waals surface area contributed by atoms with Crippen LogP contribution in [0.2, 0.25) is 0 Å². The second-order valence-electron chi connectivity index (χ2n) is 2.67. The summed E-state index contributed by atoms with van der Waals surface area (Å²) >= 11 is 1.79. The molecule has 0 unspecified atom stereocenters. The second kappa shape index (κ2) is 5.22. The highest BCUT2D eigenvalue weighted by Gasteiger charge is 1.99. The van der Waals surface area contributed by atoms with Gasteiger partial charge in [-0.15, -0.1) is 11.8 Å². The molecule has 0 fully saturated rings. The van der Waals surface area contributed by atoms with Crippen molar-refractivity contribution < 1.29 is 0 Å². The van der Waals surface area contributed by atoms with Gasteiger partial charge < -0.3 is 5.73 Å². The minimum absolute atomic E-state index is 0.218. The van der Waals surface area contributed by atoms with Crippen molar-refractivity contribution in [3.63, 3.8) is 0 Å². The highest BCUT2D eigenvalue weighted by molar-refractivity contribution is 7.99. The normalized spacial score (nSPS) is 12.8. The molecule has 1 nitrogen and oxygen atoms in total. The predicted octanol–water partition coefficient (Wildman–Crippen LogP) is 2.33. The van der Waals surface area contributed by atoms with E-state index in [0.717, 1.165) is 12.2 Å². The summed E-state index contributed by atoms with van der Waals surface area (Å²) in [4.78, 5) is 1.28. The summed E-state index contributed by atoms with van der Waals surface area (Å²) in [6, 6.07) is 10.5. The van der Waals surface area contributed by atoms with Crippen LogP contribution >= 0.6 is 11.8 Å². The van der Waals surface area contributed by atoms with Gasteiger partial charge in [0.05, 0.1) is 0 Å². The Balaban J connectivity index is 2.33. The molecule has 12 heavy (non-hydrogen) atoms. The van der Waals surface area contributed by atoms with E-state index in [1.807, 2.05) is 18.2 Å². The Bertz CT molecular complexity index is 210. The molecule has 0 aliphatic heterocycles. The van der Waals surface area contributed by atoms with Gasteiger partial charge in [-0.25, -0.2) is 0 Å². The number of thioether (sulfide) groups is 1. The summed E-state index contributed by atoms with van der Waals surface area (Å²) in [5.41, 5.74) is 5.74. The third-order valence-corrected chi connectivity index (χ3v) is 2.78. The van der Waals surface area contributed by atoms with Crippen LogP contribution in [-0.4, -0.2) is 11.8 Å². The van der Waals surface area contributed by atoms with Crippen molar-refractivity contribution >= 4 is 11.8 Å². The first-order valence-corrected chi connectivity index (χ1v) is 5.04. The van der Waals surface area contributed by atoms with Crippen LogP contribution in [0.3, 0.4) is 0 Å². The highest BCUT2D eigenvalue weighted by Crippen LogP contribution is 2.17.